The molecule has 0 aliphatic rings. The first-order chi connectivity index (χ1) is 9.11. The molecule has 96 valence electrons. The number of halogens is 1. The number of nitrogen functional groups attached to an aromatic ring is 1. The molecule has 6 heteroatoms. The maximum absolute atomic E-state index is 12.3. The summed E-state index contributed by atoms with van der Waals surface area (Å²) in [7, 11) is -1.36. The van der Waals surface area contributed by atoms with E-state index in [9.17, 15) is 4.21 Å². The Morgan fingerprint density at radius 2 is 2.21 bits per heavy atom. The molecule has 0 saturated carbocycles. The topological polar surface area (TPSA) is 79.8 Å². The minimum atomic E-state index is -1.36. The van der Waals surface area contributed by atoms with Crippen molar-refractivity contribution in [1.29, 1.82) is 5.26 Å². The van der Waals surface area contributed by atoms with Crippen LogP contribution in [-0.4, -0.2) is 9.19 Å². The number of nitrogens with two attached hydrogens (primary N) is 1. The maximum Gasteiger partial charge on any atom is 0.140 e. The van der Waals surface area contributed by atoms with Crippen molar-refractivity contribution in [3.63, 3.8) is 0 Å². The first-order valence-electron chi connectivity index (χ1n) is 5.39. The van der Waals surface area contributed by atoms with Gasteiger partial charge in [-0.2, -0.15) is 5.26 Å². The molecule has 2 N–H and O–H groups in total. The van der Waals surface area contributed by atoms with Crippen molar-refractivity contribution >= 4 is 28.1 Å². The smallest absolute Gasteiger partial charge is 0.140 e. The molecule has 4 nitrogen and oxygen atoms in total. The Morgan fingerprint density at radius 1 is 1.42 bits per heavy atom. The average molecular weight is 292 g/mol. The van der Waals surface area contributed by atoms with Gasteiger partial charge in [0.15, 0.2) is 0 Å². The second kappa shape index (κ2) is 5.83. The van der Waals surface area contributed by atoms with Gasteiger partial charge in [-0.3, -0.25) is 4.21 Å². The molecule has 0 aliphatic carbocycles. The van der Waals surface area contributed by atoms with E-state index in [-0.39, 0.29) is 5.75 Å². The largest absolute Gasteiger partial charge is 0.398 e. The molecule has 0 radical (unpaired) electrons. The lowest BCUT2D eigenvalue weighted by Crippen LogP contribution is -2.02. The number of pyridine rings is 1. The zero-order chi connectivity index (χ0) is 13.8. The average Bonchev–Trinajstić information content (AvgIpc) is 2.38. The molecule has 1 heterocycles. The number of anilines is 1. The van der Waals surface area contributed by atoms with Crippen LogP contribution in [0.2, 0.25) is 5.02 Å². The summed E-state index contributed by atoms with van der Waals surface area (Å²) in [4.78, 5) is 4.29. The van der Waals surface area contributed by atoms with Gasteiger partial charge in [-0.25, -0.2) is 4.98 Å². The van der Waals surface area contributed by atoms with Crippen LogP contribution in [0.25, 0.3) is 0 Å². The summed E-state index contributed by atoms with van der Waals surface area (Å²) in [6, 6.07) is 10.3. The molecule has 1 aromatic heterocycles. The molecular formula is C13H10ClN3OS. The minimum Gasteiger partial charge on any atom is -0.398 e. The number of hydrogen-bond acceptors (Lipinski definition) is 4. The van der Waals surface area contributed by atoms with Gasteiger partial charge in [-0.15, -0.1) is 0 Å². The molecule has 0 spiro atoms. The molecule has 1 aromatic carbocycles. The van der Waals surface area contributed by atoms with E-state index in [0.717, 1.165) is 5.56 Å². The lowest BCUT2D eigenvalue weighted by atomic mass is 10.2. The van der Waals surface area contributed by atoms with Crippen LogP contribution in [0.15, 0.2) is 41.4 Å². The summed E-state index contributed by atoms with van der Waals surface area (Å²) in [6.07, 6.45) is 1.51. The quantitative estimate of drug-likeness (QED) is 0.881. The van der Waals surface area contributed by atoms with Gasteiger partial charge in [-0.05, 0) is 29.8 Å². The number of nitrogens with zero attached hydrogens (tertiary/aromatic N) is 2. The second-order valence-corrected chi connectivity index (χ2v) is 5.60. The van der Waals surface area contributed by atoms with E-state index in [1.807, 2.05) is 6.07 Å². The van der Waals surface area contributed by atoms with Crippen LogP contribution in [0.3, 0.4) is 0 Å². The van der Waals surface area contributed by atoms with Gasteiger partial charge < -0.3 is 5.73 Å². The van der Waals surface area contributed by atoms with Gasteiger partial charge in [0, 0.05) is 11.9 Å². The normalized spacial score (nSPS) is 11.8. The number of nitriles is 1. The van der Waals surface area contributed by atoms with E-state index < -0.39 is 10.8 Å². The maximum atomic E-state index is 12.3. The highest BCUT2D eigenvalue weighted by atomic mass is 35.5. The fourth-order valence-electron chi connectivity index (χ4n) is 1.61. The second-order valence-electron chi connectivity index (χ2n) is 3.81. The molecule has 2 aromatic rings. The number of rotatable bonds is 3. The molecule has 0 fully saturated rings. The first-order valence-corrected chi connectivity index (χ1v) is 7.09. The van der Waals surface area contributed by atoms with E-state index in [1.54, 1.807) is 30.3 Å². The Kier molecular flexibility index (Phi) is 4.15. The van der Waals surface area contributed by atoms with Gasteiger partial charge in [0.1, 0.15) is 11.8 Å². The van der Waals surface area contributed by atoms with Crippen molar-refractivity contribution in [3.8, 4) is 6.07 Å². The predicted molar refractivity (Wildman–Crippen MR) is 74.9 cm³/mol. The van der Waals surface area contributed by atoms with Crippen molar-refractivity contribution in [2.24, 2.45) is 0 Å². The van der Waals surface area contributed by atoms with Crippen molar-refractivity contribution in [3.05, 3.63) is 52.8 Å². The van der Waals surface area contributed by atoms with Crippen molar-refractivity contribution in [1.82, 2.24) is 4.98 Å². The number of benzene rings is 1. The highest BCUT2D eigenvalue weighted by Crippen LogP contribution is 2.27. The van der Waals surface area contributed by atoms with Crippen LogP contribution < -0.4 is 5.73 Å². The van der Waals surface area contributed by atoms with E-state index in [4.69, 9.17) is 22.6 Å². The molecule has 19 heavy (non-hydrogen) atoms. The summed E-state index contributed by atoms with van der Waals surface area (Å²) in [5.41, 5.74) is 7.24. The van der Waals surface area contributed by atoms with Crippen molar-refractivity contribution < 1.29 is 4.21 Å². The fourth-order valence-corrected chi connectivity index (χ4v) is 3.30. The molecule has 0 aliphatic heterocycles. The molecule has 0 amide bonds. The van der Waals surface area contributed by atoms with E-state index in [2.05, 4.69) is 4.98 Å². The van der Waals surface area contributed by atoms with Crippen LogP contribution in [0.5, 0.6) is 0 Å². The van der Waals surface area contributed by atoms with Crippen molar-refractivity contribution in [2.45, 2.75) is 10.6 Å². The van der Waals surface area contributed by atoms with E-state index >= 15 is 0 Å². The minimum absolute atomic E-state index is 0.241. The number of hydrogen-bond donors (Lipinski definition) is 1. The Labute approximate surface area is 118 Å². The van der Waals surface area contributed by atoms with E-state index in [0.29, 0.717) is 21.3 Å². The van der Waals surface area contributed by atoms with Crippen LogP contribution in [0.4, 0.5) is 5.69 Å². The van der Waals surface area contributed by atoms with Crippen LogP contribution in [-0.2, 0) is 16.6 Å². The summed E-state index contributed by atoms with van der Waals surface area (Å²) in [6.45, 7) is 0. The van der Waals surface area contributed by atoms with Crippen molar-refractivity contribution in [2.75, 3.05) is 5.73 Å². The van der Waals surface area contributed by atoms with Gasteiger partial charge >= 0.3 is 0 Å². The first kappa shape index (κ1) is 13.5. The lowest BCUT2D eigenvalue weighted by Gasteiger charge is -2.07. The van der Waals surface area contributed by atoms with Crippen LogP contribution in [0, 0.1) is 11.3 Å². The number of aromatic nitrogens is 1. The van der Waals surface area contributed by atoms with Crippen LogP contribution in [0.1, 0.15) is 11.3 Å². The van der Waals surface area contributed by atoms with Gasteiger partial charge in [0.05, 0.1) is 26.5 Å². The monoisotopic (exact) mass is 291 g/mol. The van der Waals surface area contributed by atoms with Gasteiger partial charge in [0.25, 0.3) is 0 Å². The predicted octanol–water partition coefficient (Wildman–Crippen LogP) is 2.50. The third-order valence-electron chi connectivity index (χ3n) is 2.46. The molecule has 0 bridgehead atoms. The Morgan fingerprint density at radius 3 is 2.89 bits per heavy atom. The summed E-state index contributed by atoms with van der Waals surface area (Å²) < 4.78 is 12.3. The summed E-state index contributed by atoms with van der Waals surface area (Å²) in [5.74, 6) is 0.241. The Bertz CT molecular complexity index is 662. The molecular weight excluding hydrogens is 282 g/mol. The van der Waals surface area contributed by atoms with Crippen LogP contribution >= 0.6 is 11.6 Å². The fraction of sp³-hybridized carbons (Fsp3) is 0.0769. The molecule has 0 saturated heterocycles. The molecule has 1 unspecified atom stereocenters. The SMILES string of the molecule is N#Cc1cc(CS(=O)c2c(N)cccc2Cl)ccn1. The molecule has 2 rings (SSSR count). The molecule has 1 atom stereocenters. The third kappa shape index (κ3) is 3.11. The summed E-state index contributed by atoms with van der Waals surface area (Å²) in [5, 5.41) is 9.15. The lowest BCUT2D eigenvalue weighted by molar-refractivity contribution is 0.683. The van der Waals surface area contributed by atoms with E-state index in [1.165, 1.54) is 6.20 Å². The van der Waals surface area contributed by atoms with Gasteiger partial charge in [-0.1, -0.05) is 17.7 Å². The third-order valence-corrected chi connectivity index (χ3v) is 4.40. The Hall–Kier alpha value is -1.90. The zero-order valence-electron chi connectivity index (χ0n) is 9.84. The highest BCUT2D eigenvalue weighted by Gasteiger charge is 2.13. The zero-order valence-corrected chi connectivity index (χ0v) is 11.4. The summed E-state index contributed by atoms with van der Waals surface area (Å²) >= 11 is 6.01. The Balaban J connectivity index is 2.29. The highest BCUT2D eigenvalue weighted by molar-refractivity contribution is 7.84. The standard InChI is InChI=1S/C13H10ClN3OS/c14-11-2-1-3-12(16)13(11)19(18)8-9-4-5-17-10(6-9)7-15/h1-6H,8,16H2. The van der Waals surface area contributed by atoms with Gasteiger partial charge in [0.2, 0.25) is 0 Å².